The van der Waals surface area contributed by atoms with E-state index in [1.54, 1.807) is 20.8 Å². The van der Waals surface area contributed by atoms with E-state index in [0.29, 0.717) is 12.8 Å². The smallest absolute Gasteiger partial charge is 0.410 e. The molecule has 0 radical (unpaired) electrons. The molecule has 16 heteroatoms. The lowest BCUT2D eigenvalue weighted by Gasteiger charge is -2.35. The maximum Gasteiger partial charge on any atom is 0.410 e. The Kier molecular flexibility index (Phi) is 15.0. The number of amides is 6. The maximum atomic E-state index is 14.3. The summed E-state index contributed by atoms with van der Waals surface area (Å²) in [6, 6.07) is 5.24. The van der Waals surface area contributed by atoms with Gasteiger partial charge in [-0.25, -0.2) is 9.78 Å². The summed E-state index contributed by atoms with van der Waals surface area (Å²) >= 11 is 0. The van der Waals surface area contributed by atoms with Crippen molar-refractivity contribution in [2.45, 2.75) is 128 Å². The van der Waals surface area contributed by atoms with Gasteiger partial charge in [-0.3, -0.25) is 29.0 Å². The van der Waals surface area contributed by atoms with Crippen LogP contribution in [0.5, 0.6) is 0 Å². The Morgan fingerprint density at radius 1 is 0.877 bits per heavy atom. The Labute approximate surface area is 334 Å². The van der Waals surface area contributed by atoms with E-state index in [-0.39, 0.29) is 37.4 Å². The number of benzene rings is 1. The summed E-state index contributed by atoms with van der Waals surface area (Å²) in [6.45, 7) is 7.05. The number of nitrogens with zero attached hydrogens (tertiary/aromatic N) is 3. The molecular formula is C41H58N8O8. The Morgan fingerprint density at radius 3 is 2.23 bits per heavy atom. The molecule has 6 amide bonds. The highest BCUT2D eigenvalue weighted by molar-refractivity contribution is 5.97. The molecule has 3 aliphatic rings. The first kappa shape index (κ1) is 43.0. The number of aliphatic hydroxyl groups excluding tert-OH is 1. The number of aromatic nitrogens is 2. The summed E-state index contributed by atoms with van der Waals surface area (Å²) in [5.41, 5.74) is 0.000841. The van der Waals surface area contributed by atoms with Crippen molar-refractivity contribution >= 4 is 35.6 Å². The second-order valence-corrected chi connectivity index (χ2v) is 16.5. The molecular weight excluding hydrogens is 732 g/mol. The van der Waals surface area contributed by atoms with Gasteiger partial charge in [0.2, 0.25) is 17.7 Å². The van der Waals surface area contributed by atoms with Crippen LogP contribution in [0.4, 0.5) is 4.79 Å². The molecule has 3 fully saturated rings. The van der Waals surface area contributed by atoms with Crippen LogP contribution in [0.15, 0.2) is 48.9 Å². The minimum atomic E-state index is -1.50. The van der Waals surface area contributed by atoms with E-state index in [1.165, 1.54) is 23.5 Å². The van der Waals surface area contributed by atoms with Crippen LogP contribution in [0.25, 0.3) is 0 Å². The maximum absolute atomic E-state index is 14.3. The largest absolute Gasteiger partial charge is 0.445 e. The highest BCUT2D eigenvalue weighted by Gasteiger charge is 2.45. The number of likely N-dealkylation sites (tertiary alicyclic amines) is 1. The summed E-state index contributed by atoms with van der Waals surface area (Å²) < 4.78 is 5.58. The first-order chi connectivity index (χ1) is 27.2. The molecule has 16 nitrogen and oxygen atoms in total. The van der Waals surface area contributed by atoms with Crippen LogP contribution < -0.4 is 26.6 Å². The van der Waals surface area contributed by atoms with Crippen LogP contribution in [-0.2, 0) is 30.5 Å². The number of rotatable bonds is 16. The normalized spacial score (nSPS) is 20.6. The van der Waals surface area contributed by atoms with Crippen molar-refractivity contribution in [1.82, 2.24) is 41.5 Å². The van der Waals surface area contributed by atoms with E-state index in [9.17, 15) is 33.9 Å². The lowest BCUT2D eigenvalue weighted by molar-refractivity contribution is -0.135. The predicted molar refractivity (Wildman–Crippen MR) is 209 cm³/mol. The van der Waals surface area contributed by atoms with Gasteiger partial charge in [0.05, 0.1) is 24.2 Å². The third kappa shape index (κ3) is 12.2. The topological polar surface area (TPSA) is 221 Å². The first-order valence-corrected chi connectivity index (χ1v) is 20.2. The van der Waals surface area contributed by atoms with E-state index in [2.05, 4.69) is 36.6 Å². The molecule has 1 aliphatic heterocycles. The molecule has 310 valence electrons. The molecule has 57 heavy (non-hydrogen) atoms. The van der Waals surface area contributed by atoms with Gasteiger partial charge in [-0.05, 0) is 49.0 Å². The molecule has 1 aromatic carbocycles. The van der Waals surface area contributed by atoms with Crippen LogP contribution in [0.1, 0.15) is 102 Å². The Balaban J connectivity index is 1.34. The molecule has 2 unspecified atom stereocenters. The monoisotopic (exact) mass is 790 g/mol. The number of carbonyl (C=O) groups excluding carboxylic acids is 6. The lowest BCUT2D eigenvalue weighted by atomic mass is 9.82. The highest BCUT2D eigenvalue weighted by Crippen LogP contribution is 2.29. The average molecular weight is 791 g/mol. The van der Waals surface area contributed by atoms with E-state index in [0.717, 1.165) is 50.5 Å². The summed E-state index contributed by atoms with van der Waals surface area (Å²) in [7, 11) is 0. The number of hydrogen-bond donors (Lipinski definition) is 6. The number of nitrogens with one attached hydrogen (secondary N) is 5. The summed E-state index contributed by atoms with van der Waals surface area (Å²) in [4.78, 5) is 91.3. The summed E-state index contributed by atoms with van der Waals surface area (Å²) in [5.74, 6) is -3.96. The zero-order valence-electron chi connectivity index (χ0n) is 33.4. The van der Waals surface area contributed by atoms with Crippen LogP contribution >= 0.6 is 0 Å². The SMILES string of the molecule is CCC[C@H](NC(=O)[C@@H]1CN(C(=O)OCc2ccccc2)C[C@@H]1NC(=O)C(NC(=O)[C@@H](NC(=O)c1cnccn1)C1CCCCC1)C(C)(C)C)C(O)C(=O)NC1CC1. The van der Waals surface area contributed by atoms with Gasteiger partial charge >= 0.3 is 6.09 Å². The molecule has 5 rings (SSSR count). The minimum absolute atomic E-state index is 0.00138. The fourth-order valence-electron chi connectivity index (χ4n) is 7.45. The van der Waals surface area contributed by atoms with E-state index < -0.39 is 77.2 Å². The van der Waals surface area contributed by atoms with Gasteiger partial charge < -0.3 is 41.3 Å². The van der Waals surface area contributed by atoms with Crippen molar-refractivity contribution in [3.05, 3.63) is 60.2 Å². The van der Waals surface area contributed by atoms with Crippen LogP contribution in [0.2, 0.25) is 0 Å². The Bertz CT molecular complexity index is 1700. The minimum Gasteiger partial charge on any atom is -0.445 e. The number of carbonyl (C=O) groups is 6. The third-order valence-electron chi connectivity index (χ3n) is 10.8. The van der Waals surface area contributed by atoms with Gasteiger partial charge in [0, 0.05) is 31.5 Å². The molecule has 6 atom stereocenters. The predicted octanol–water partition coefficient (Wildman–Crippen LogP) is 2.36. The van der Waals surface area contributed by atoms with Gasteiger partial charge in [0.1, 0.15) is 24.4 Å². The van der Waals surface area contributed by atoms with Crippen molar-refractivity contribution in [3.8, 4) is 0 Å². The molecule has 2 saturated carbocycles. The van der Waals surface area contributed by atoms with Gasteiger partial charge in [-0.15, -0.1) is 0 Å². The molecule has 6 N–H and O–H groups in total. The van der Waals surface area contributed by atoms with Crippen LogP contribution in [0, 0.1) is 17.3 Å². The van der Waals surface area contributed by atoms with Gasteiger partial charge in [0.25, 0.3) is 11.8 Å². The number of aliphatic hydroxyl groups is 1. The third-order valence-corrected chi connectivity index (χ3v) is 10.8. The molecule has 2 heterocycles. The fourth-order valence-corrected chi connectivity index (χ4v) is 7.45. The van der Waals surface area contributed by atoms with Gasteiger partial charge in [-0.2, -0.15) is 0 Å². The van der Waals surface area contributed by atoms with Crippen molar-refractivity contribution < 1.29 is 38.6 Å². The zero-order chi connectivity index (χ0) is 41.1. The number of hydrogen-bond acceptors (Lipinski definition) is 10. The van der Waals surface area contributed by atoms with E-state index in [4.69, 9.17) is 4.74 Å². The zero-order valence-corrected chi connectivity index (χ0v) is 33.4. The summed E-state index contributed by atoms with van der Waals surface area (Å²) in [6.07, 6.45) is 8.77. The summed E-state index contributed by atoms with van der Waals surface area (Å²) in [5, 5.41) is 25.3. The fraction of sp³-hybridized carbons (Fsp3) is 0.610. The van der Waals surface area contributed by atoms with E-state index >= 15 is 0 Å². The van der Waals surface area contributed by atoms with Crippen molar-refractivity contribution in [3.63, 3.8) is 0 Å². The van der Waals surface area contributed by atoms with E-state index in [1.807, 2.05) is 37.3 Å². The lowest BCUT2D eigenvalue weighted by Crippen LogP contribution is -2.61. The highest BCUT2D eigenvalue weighted by atomic mass is 16.6. The average Bonchev–Trinajstić information content (AvgIpc) is 3.92. The van der Waals surface area contributed by atoms with Gasteiger partial charge in [0.15, 0.2) is 6.10 Å². The second kappa shape index (κ2) is 19.8. The molecule has 2 aliphatic carbocycles. The van der Waals surface area contributed by atoms with Crippen LogP contribution in [0.3, 0.4) is 0 Å². The molecule has 1 aromatic heterocycles. The van der Waals surface area contributed by atoms with Gasteiger partial charge in [-0.1, -0.05) is 83.7 Å². The Morgan fingerprint density at radius 2 is 1.60 bits per heavy atom. The molecule has 1 saturated heterocycles. The first-order valence-electron chi connectivity index (χ1n) is 20.2. The molecule has 0 spiro atoms. The number of ether oxygens (including phenoxy) is 1. The Hall–Kier alpha value is -5.12. The van der Waals surface area contributed by atoms with Crippen molar-refractivity contribution in [2.24, 2.45) is 17.3 Å². The standard InChI is InChI=1S/C41H58N8O8/c1-5-12-29(33(50)38(54)44-27-17-18-27)45-35(51)28-22-49(40(56)57-24-25-13-8-6-9-14-25)23-31(28)46-39(55)34(41(2,3)4)48-37(53)32(26-15-10-7-11-16-26)47-36(52)30-21-42-19-20-43-30/h6,8-9,13-14,19-21,26-29,31-34,50H,5,7,10-12,15-18,22-24H2,1-4H3,(H,44,54)(H,45,51)(H,46,55)(H,47,52)(H,48,53)/t28-,29+,31+,32+,33?,34?/m1/s1. The van der Waals surface area contributed by atoms with Crippen LogP contribution in [-0.4, -0.2) is 105 Å². The van der Waals surface area contributed by atoms with Crippen molar-refractivity contribution in [1.29, 1.82) is 0 Å². The second-order valence-electron chi connectivity index (χ2n) is 16.5. The van der Waals surface area contributed by atoms with Crippen molar-refractivity contribution in [2.75, 3.05) is 13.1 Å². The quantitative estimate of drug-likeness (QED) is 0.146. The molecule has 2 aromatic rings. The molecule has 0 bridgehead atoms.